The van der Waals surface area contributed by atoms with E-state index in [0.29, 0.717) is 6.04 Å². The second kappa shape index (κ2) is 11.6. The van der Waals surface area contributed by atoms with Crippen LogP contribution in [0, 0.1) is 11.8 Å². The molecule has 2 heteroatoms. The van der Waals surface area contributed by atoms with Crippen molar-refractivity contribution in [2.75, 3.05) is 19.8 Å². The van der Waals surface area contributed by atoms with Crippen LogP contribution in [0.2, 0.25) is 0 Å². The quantitative estimate of drug-likeness (QED) is 0.467. The molecule has 0 fully saturated rings. The maximum atomic E-state index is 5.33. The molecule has 0 aliphatic heterocycles. The van der Waals surface area contributed by atoms with Crippen LogP contribution in [0.25, 0.3) is 0 Å². The summed E-state index contributed by atoms with van der Waals surface area (Å²) in [6.45, 7) is 8.91. The summed E-state index contributed by atoms with van der Waals surface area (Å²) < 4.78 is 5.33. The average Bonchev–Trinajstić information content (AvgIpc) is 2.27. The van der Waals surface area contributed by atoms with Crippen molar-refractivity contribution < 1.29 is 4.74 Å². The van der Waals surface area contributed by atoms with E-state index in [1.54, 1.807) is 0 Å². The van der Waals surface area contributed by atoms with Crippen molar-refractivity contribution in [1.82, 2.24) is 5.32 Å². The molecule has 0 saturated heterocycles. The summed E-state index contributed by atoms with van der Waals surface area (Å²) >= 11 is 0. The number of nitrogens with one attached hydrogen (secondary N) is 1. The third kappa shape index (κ3) is 9.78. The van der Waals surface area contributed by atoms with E-state index in [1.807, 2.05) is 13.8 Å². The SMILES string of the molecule is CC#CCC(CCCOCC)NCCC. The Balaban J connectivity index is 3.62. The van der Waals surface area contributed by atoms with E-state index in [0.717, 1.165) is 39.0 Å². The molecule has 0 aliphatic carbocycles. The zero-order valence-electron chi connectivity index (χ0n) is 10.4. The maximum absolute atomic E-state index is 5.33. The highest BCUT2D eigenvalue weighted by Crippen LogP contribution is 2.02. The van der Waals surface area contributed by atoms with Crippen LogP contribution >= 0.6 is 0 Å². The first kappa shape index (κ1) is 14.5. The summed E-state index contributed by atoms with van der Waals surface area (Å²) in [4.78, 5) is 0. The fourth-order valence-electron chi connectivity index (χ4n) is 1.43. The van der Waals surface area contributed by atoms with Gasteiger partial charge in [-0.25, -0.2) is 0 Å². The minimum absolute atomic E-state index is 0.540. The van der Waals surface area contributed by atoms with Gasteiger partial charge >= 0.3 is 0 Å². The van der Waals surface area contributed by atoms with Crippen molar-refractivity contribution in [3.05, 3.63) is 0 Å². The second-order valence-corrected chi connectivity index (χ2v) is 3.62. The van der Waals surface area contributed by atoms with E-state index < -0.39 is 0 Å². The minimum atomic E-state index is 0.540. The monoisotopic (exact) mass is 211 g/mol. The summed E-state index contributed by atoms with van der Waals surface area (Å²) in [5.41, 5.74) is 0. The van der Waals surface area contributed by atoms with Gasteiger partial charge in [-0.2, -0.15) is 0 Å². The normalized spacial score (nSPS) is 11.9. The molecule has 1 atom stereocenters. The van der Waals surface area contributed by atoms with Crippen LogP contribution < -0.4 is 5.32 Å². The Hall–Kier alpha value is -0.520. The molecular weight excluding hydrogens is 186 g/mol. The van der Waals surface area contributed by atoms with Gasteiger partial charge in [0.1, 0.15) is 0 Å². The van der Waals surface area contributed by atoms with Crippen molar-refractivity contribution in [2.24, 2.45) is 0 Å². The first-order valence-corrected chi connectivity index (χ1v) is 6.05. The van der Waals surface area contributed by atoms with Gasteiger partial charge in [-0.3, -0.25) is 0 Å². The zero-order valence-corrected chi connectivity index (χ0v) is 10.4. The van der Waals surface area contributed by atoms with Crippen molar-refractivity contribution in [2.45, 2.75) is 52.5 Å². The Morgan fingerprint density at radius 3 is 2.73 bits per heavy atom. The fraction of sp³-hybridized carbons (Fsp3) is 0.846. The molecule has 0 radical (unpaired) electrons. The first-order chi connectivity index (χ1) is 7.35. The lowest BCUT2D eigenvalue weighted by atomic mass is 10.1. The van der Waals surface area contributed by atoms with Gasteiger partial charge in [0, 0.05) is 25.7 Å². The Bertz CT molecular complexity index is 181. The van der Waals surface area contributed by atoms with Gasteiger partial charge in [0.25, 0.3) is 0 Å². The van der Waals surface area contributed by atoms with Gasteiger partial charge in [-0.1, -0.05) is 6.92 Å². The molecule has 0 aromatic heterocycles. The van der Waals surface area contributed by atoms with Crippen LogP contribution in [0.5, 0.6) is 0 Å². The molecule has 0 spiro atoms. The van der Waals surface area contributed by atoms with E-state index in [-0.39, 0.29) is 0 Å². The average molecular weight is 211 g/mol. The lowest BCUT2D eigenvalue weighted by Gasteiger charge is -2.15. The molecule has 1 unspecified atom stereocenters. The Kier molecular flexibility index (Phi) is 11.2. The zero-order chi connectivity index (χ0) is 11.4. The summed E-state index contributed by atoms with van der Waals surface area (Å²) in [6.07, 6.45) is 4.43. The van der Waals surface area contributed by atoms with E-state index in [4.69, 9.17) is 4.74 Å². The third-order valence-corrected chi connectivity index (χ3v) is 2.25. The van der Waals surface area contributed by atoms with E-state index in [9.17, 15) is 0 Å². The van der Waals surface area contributed by atoms with Crippen LogP contribution in [0.1, 0.15) is 46.5 Å². The van der Waals surface area contributed by atoms with Crippen molar-refractivity contribution >= 4 is 0 Å². The predicted octanol–water partition coefficient (Wildman–Crippen LogP) is 2.58. The predicted molar refractivity (Wildman–Crippen MR) is 65.9 cm³/mol. The molecule has 0 heterocycles. The first-order valence-electron chi connectivity index (χ1n) is 6.05. The summed E-state index contributed by atoms with van der Waals surface area (Å²) in [5, 5.41) is 3.52. The molecule has 1 N–H and O–H groups in total. The van der Waals surface area contributed by atoms with Crippen LogP contribution in [0.3, 0.4) is 0 Å². The Labute approximate surface area is 94.8 Å². The van der Waals surface area contributed by atoms with Crippen LogP contribution in [0.15, 0.2) is 0 Å². The number of hydrogen-bond acceptors (Lipinski definition) is 2. The second-order valence-electron chi connectivity index (χ2n) is 3.62. The number of ether oxygens (including phenoxy) is 1. The maximum Gasteiger partial charge on any atom is 0.0466 e. The Morgan fingerprint density at radius 1 is 1.33 bits per heavy atom. The molecule has 2 nitrogen and oxygen atoms in total. The van der Waals surface area contributed by atoms with Crippen LogP contribution in [0.4, 0.5) is 0 Å². The van der Waals surface area contributed by atoms with Gasteiger partial charge in [0.15, 0.2) is 0 Å². The lowest BCUT2D eigenvalue weighted by Crippen LogP contribution is -2.29. The minimum Gasteiger partial charge on any atom is -0.382 e. The number of hydrogen-bond donors (Lipinski definition) is 1. The largest absolute Gasteiger partial charge is 0.382 e. The lowest BCUT2D eigenvalue weighted by molar-refractivity contribution is 0.141. The van der Waals surface area contributed by atoms with Gasteiger partial charge < -0.3 is 10.1 Å². The van der Waals surface area contributed by atoms with E-state index >= 15 is 0 Å². The summed E-state index contributed by atoms with van der Waals surface area (Å²) in [5.74, 6) is 6.10. The van der Waals surface area contributed by atoms with Crippen LogP contribution in [-0.4, -0.2) is 25.8 Å². The van der Waals surface area contributed by atoms with E-state index in [1.165, 1.54) is 6.42 Å². The highest BCUT2D eigenvalue weighted by Gasteiger charge is 2.05. The molecule has 15 heavy (non-hydrogen) atoms. The van der Waals surface area contributed by atoms with Crippen molar-refractivity contribution in [3.8, 4) is 11.8 Å². The molecule has 88 valence electrons. The van der Waals surface area contributed by atoms with E-state index in [2.05, 4.69) is 24.1 Å². The summed E-state index contributed by atoms with van der Waals surface area (Å²) in [6, 6.07) is 0.540. The fourth-order valence-corrected chi connectivity index (χ4v) is 1.43. The van der Waals surface area contributed by atoms with Crippen molar-refractivity contribution in [3.63, 3.8) is 0 Å². The topological polar surface area (TPSA) is 21.3 Å². The van der Waals surface area contributed by atoms with Gasteiger partial charge in [0.05, 0.1) is 0 Å². The van der Waals surface area contributed by atoms with Gasteiger partial charge in [-0.05, 0) is 39.7 Å². The molecule has 0 aliphatic rings. The molecule has 0 saturated carbocycles. The summed E-state index contributed by atoms with van der Waals surface area (Å²) in [7, 11) is 0. The third-order valence-electron chi connectivity index (χ3n) is 2.25. The standard InChI is InChI=1S/C13H25NO/c1-4-7-9-13(14-11-5-2)10-8-12-15-6-3/h13-14H,5-6,8-12H2,1-3H3. The molecule has 0 amide bonds. The van der Waals surface area contributed by atoms with Crippen molar-refractivity contribution in [1.29, 1.82) is 0 Å². The highest BCUT2D eigenvalue weighted by atomic mass is 16.5. The highest BCUT2D eigenvalue weighted by molar-refractivity contribution is 4.98. The van der Waals surface area contributed by atoms with Crippen LogP contribution in [-0.2, 0) is 4.74 Å². The molecule has 0 aromatic rings. The van der Waals surface area contributed by atoms with Gasteiger partial charge in [-0.15, -0.1) is 11.8 Å². The smallest absolute Gasteiger partial charge is 0.0466 e. The molecule has 0 bridgehead atoms. The molecular formula is C13H25NO. The molecule has 0 aromatic carbocycles. The molecule has 0 rings (SSSR count). The number of rotatable bonds is 9. The Morgan fingerprint density at radius 2 is 2.13 bits per heavy atom. The van der Waals surface area contributed by atoms with Gasteiger partial charge in [0.2, 0.25) is 0 Å².